The fraction of sp³-hybridized carbons (Fsp3) is 0.286. The standard InChI is InChI=1S/C21H20N4O3S2/c1-12(2)28-19-9-6-13(10-14(19)11-22)21-23-20(24-29-21)17-5-3-4-16-15(17)7-8-18(16)25-30(26)27/h3-6,9-10,12,18,25H,7-8H2,1-2H3,(H,26,27)/t18-/m0/s1. The lowest BCUT2D eigenvalue weighted by atomic mass is 10.0. The molecule has 7 nitrogen and oxygen atoms in total. The summed E-state index contributed by atoms with van der Waals surface area (Å²) >= 11 is -0.782. The van der Waals surface area contributed by atoms with Gasteiger partial charge in [0.15, 0.2) is 5.82 Å². The molecule has 1 aromatic heterocycles. The molecule has 3 aromatic rings. The van der Waals surface area contributed by atoms with Crippen LogP contribution in [0.25, 0.3) is 22.0 Å². The van der Waals surface area contributed by atoms with Crippen molar-refractivity contribution in [1.82, 2.24) is 14.1 Å². The number of rotatable bonds is 6. The first-order valence-electron chi connectivity index (χ1n) is 9.50. The van der Waals surface area contributed by atoms with E-state index in [1.54, 1.807) is 12.1 Å². The molecule has 0 fully saturated rings. The van der Waals surface area contributed by atoms with Gasteiger partial charge in [-0.05, 0) is 67.5 Å². The highest BCUT2D eigenvalue weighted by Gasteiger charge is 2.27. The zero-order valence-corrected chi connectivity index (χ0v) is 18.1. The van der Waals surface area contributed by atoms with Gasteiger partial charge in [0.25, 0.3) is 0 Å². The molecule has 9 heteroatoms. The van der Waals surface area contributed by atoms with E-state index in [2.05, 4.69) is 15.2 Å². The topological polar surface area (TPSA) is 108 Å². The molecule has 1 unspecified atom stereocenters. The molecule has 0 aliphatic heterocycles. The van der Waals surface area contributed by atoms with Crippen molar-refractivity contribution in [3.63, 3.8) is 0 Å². The molecule has 0 amide bonds. The molecule has 30 heavy (non-hydrogen) atoms. The van der Waals surface area contributed by atoms with E-state index in [1.165, 1.54) is 11.5 Å². The van der Waals surface area contributed by atoms with Gasteiger partial charge >= 0.3 is 0 Å². The van der Waals surface area contributed by atoms with Crippen LogP contribution in [-0.4, -0.2) is 24.2 Å². The molecule has 2 atom stereocenters. The van der Waals surface area contributed by atoms with Crippen LogP contribution in [0.15, 0.2) is 36.4 Å². The molecular formula is C21H20N4O3S2. The molecule has 2 N–H and O–H groups in total. The van der Waals surface area contributed by atoms with Crippen LogP contribution in [-0.2, 0) is 17.7 Å². The van der Waals surface area contributed by atoms with Crippen molar-refractivity contribution in [2.45, 2.75) is 38.8 Å². The largest absolute Gasteiger partial charge is 0.490 e. The average molecular weight is 441 g/mol. The van der Waals surface area contributed by atoms with Gasteiger partial charge in [-0.2, -0.15) is 9.64 Å². The van der Waals surface area contributed by atoms with E-state index in [0.717, 1.165) is 40.1 Å². The number of aromatic nitrogens is 2. The highest BCUT2D eigenvalue weighted by Crippen LogP contribution is 2.38. The Bertz CT molecular complexity index is 1150. The second kappa shape index (κ2) is 8.62. The molecule has 0 saturated heterocycles. The Balaban J connectivity index is 1.66. The number of hydrogen-bond donors (Lipinski definition) is 2. The third-order valence-corrected chi connectivity index (χ3v) is 6.14. The maximum atomic E-state index is 11.2. The van der Waals surface area contributed by atoms with Crippen molar-refractivity contribution < 1.29 is 13.5 Å². The molecule has 1 aliphatic rings. The predicted molar refractivity (Wildman–Crippen MR) is 116 cm³/mol. The predicted octanol–water partition coefficient (Wildman–Crippen LogP) is 4.24. The fourth-order valence-electron chi connectivity index (χ4n) is 3.67. The monoisotopic (exact) mass is 440 g/mol. The Morgan fingerprint density at radius 2 is 2.20 bits per heavy atom. The van der Waals surface area contributed by atoms with Gasteiger partial charge in [0.1, 0.15) is 16.8 Å². The summed E-state index contributed by atoms with van der Waals surface area (Å²) in [5.41, 5.74) is 4.32. The molecule has 1 aliphatic carbocycles. The smallest absolute Gasteiger partial charge is 0.232 e. The normalized spacial score (nSPS) is 16.3. The van der Waals surface area contributed by atoms with Crippen LogP contribution in [0.2, 0.25) is 0 Å². The molecular weight excluding hydrogens is 420 g/mol. The molecule has 154 valence electrons. The van der Waals surface area contributed by atoms with Gasteiger partial charge in [-0.3, -0.25) is 4.55 Å². The minimum absolute atomic E-state index is 0.0159. The third-order valence-electron chi connectivity index (χ3n) is 4.89. The first kappa shape index (κ1) is 20.6. The van der Waals surface area contributed by atoms with Crippen LogP contribution in [0.4, 0.5) is 0 Å². The van der Waals surface area contributed by atoms with Gasteiger partial charge in [-0.1, -0.05) is 18.2 Å². The quantitative estimate of drug-likeness (QED) is 0.555. The number of benzene rings is 2. The number of fused-ring (bicyclic) bond motifs is 1. The zero-order chi connectivity index (χ0) is 21.3. The summed E-state index contributed by atoms with van der Waals surface area (Å²) in [6.07, 6.45) is 1.52. The SMILES string of the molecule is CC(C)Oc1ccc(-c2nc(-c3cccc4c3CC[C@@H]4NS(=O)O)ns2)cc1C#N. The first-order chi connectivity index (χ1) is 14.5. The zero-order valence-electron chi connectivity index (χ0n) is 16.5. The number of nitrogens with one attached hydrogen (secondary N) is 1. The summed E-state index contributed by atoms with van der Waals surface area (Å²) in [5.74, 6) is 1.18. The highest BCUT2D eigenvalue weighted by molar-refractivity contribution is 7.77. The van der Waals surface area contributed by atoms with Crippen LogP contribution >= 0.6 is 11.5 Å². The molecule has 0 bridgehead atoms. The van der Waals surface area contributed by atoms with Gasteiger partial charge in [-0.25, -0.2) is 13.9 Å². The van der Waals surface area contributed by atoms with Crippen LogP contribution in [0, 0.1) is 11.3 Å². The Hall–Kier alpha value is -2.64. The van der Waals surface area contributed by atoms with E-state index in [9.17, 15) is 14.0 Å². The van der Waals surface area contributed by atoms with Crippen LogP contribution in [0.1, 0.15) is 43.0 Å². The summed E-state index contributed by atoms with van der Waals surface area (Å²) in [4.78, 5) is 4.71. The van der Waals surface area contributed by atoms with Gasteiger partial charge in [-0.15, -0.1) is 0 Å². The van der Waals surface area contributed by atoms with E-state index in [0.29, 0.717) is 17.1 Å². The summed E-state index contributed by atoms with van der Waals surface area (Å²) in [6, 6.07) is 13.3. The van der Waals surface area contributed by atoms with Crippen LogP contribution in [0.5, 0.6) is 5.75 Å². The number of nitrogens with zero attached hydrogens (tertiary/aromatic N) is 3. The lowest BCUT2D eigenvalue weighted by Crippen LogP contribution is -2.20. The summed E-state index contributed by atoms with van der Waals surface area (Å²) < 4.78 is 33.2. The Kier molecular flexibility index (Phi) is 5.92. The summed E-state index contributed by atoms with van der Waals surface area (Å²) in [5, 5.41) is 10.2. The van der Waals surface area contributed by atoms with Gasteiger partial charge < -0.3 is 4.74 Å². The highest BCUT2D eigenvalue weighted by atomic mass is 32.2. The fourth-order valence-corrected chi connectivity index (χ4v) is 4.83. The van der Waals surface area contributed by atoms with Crippen molar-refractivity contribution in [2.24, 2.45) is 0 Å². The number of nitriles is 1. The average Bonchev–Trinajstić information content (AvgIpc) is 3.35. The van der Waals surface area contributed by atoms with Gasteiger partial charge in [0, 0.05) is 17.2 Å². The summed E-state index contributed by atoms with van der Waals surface area (Å²) in [7, 11) is 0. The minimum atomic E-state index is -2.06. The van der Waals surface area contributed by atoms with Crippen molar-refractivity contribution in [2.75, 3.05) is 0 Å². The molecule has 4 rings (SSSR count). The van der Waals surface area contributed by atoms with E-state index >= 15 is 0 Å². The molecule has 0 saturated carbocycles. The summed E-state index contributed by atoms with van der Waals surface area (Å²) in [6.45, 7) is 3.84. The van der Waals surface area contributed by atoms with Crippen molar-refractivity contribution >= 4 is 22.8 Å². The molecule has 0 spiro atoms. The van der Waals surface area contributed by atoms with Crippen molar-refractivity contribution in [1.29, 1.82) is 5.26 Å². The minimum Gasteiger partial charge on any atom is -0.490 e. The van der Waals surface area contributed by atoms with Crippen LogP contribution in [0.3, 0.4) is 0 Å². The van der Waals surface area contributed by atoms with E-state index < -0.39 is 11.3 Å². The Morgan fingerprint density at radius 1 is 1.37 bits per heavy atom. The lowest BCUT2D eigenvalue weighted by molar-refractivity contribution is 0.242. The molecule has 2 aromatic carbocycles. The molecule has 1 heterocycles. The Labute approximate surface area is 181 Å². The number of ether oxygens (including phenoxy) is 1. The van der Waals surface area contributed by atoms with Gasteiger partial charge in [0.2, 0.25) is 11.3 Å². The lowest BCUT2D eigenvalue weighted by Gasteiger charge is -2.11. The van der Waals surface area contributed by atoms with E-state index in [1.807, 2.05) is 38.1 Å². The Morgan fingerprint density at radius 3 is 2.93 bits per heavy atom. The third kappa shape index (κ3) is 4.13. The first-order valence-corrected chi connectivity index (χ1v) is 11.4. The van der Waals surface area contributed by atoms with E-state index in [-0.39, 0.29) is 12.1 Å². The molecule has 0 radical (unpaired) electrons. The van der Waals surface area contributed by atoms with Crippen molar-refractivity contribution in [3.05, 3.63) is 53.1 Å². The van der Waals surface area contributed by atoms with Crippen LogP contribution < -0.4 is 9.46 Å². The van der Waals surface area contributed by atoms with Crippen molar-refractivity contribution in [3.8, 4) is 33.8 Å². The second-order valence-corrected chi connectivity index (χ2v) is 8.73. The number of hydrogen-bond acceptors (Lipinski definition) is 6. The van der Waals surface area contributed by atoms with E-state index in [4.69, 9.17) is 9.72 Å². The second-order valence-electron chi connectivity index (χ2n) is 7.24. The van der Waals surface area contributed by atoms with Gasteiger partial charge in [0.05, 0.1) is 11.7 Å². The maximum absolute atomic E-state index is 11.2. The maximum Gasteiger partial charge on any atom is 0.232 e.